The Balaban J connectivity index is 1.43. The van der Waals surface area contributed by atoms with Gasteiger partial charge in [-0.15, -0.1) is 0 Å². The highest BCUT2D eigenvalue weighted by Crippen LogP contribution is 2.16. The Morgan fingerprint density at radius 1 is 1.23 bits per heavy atom. The number of nitrogens with one attached hydrogen (secondary N) is 2. The van der Waals surface area contributed by atoms with E-state index < -0.39 is 0 Å². The fourth-order valence-electron chi connectivity index (χ4n) is 2.91. The lowest BCUT2D eigenvalue weighted by Gasteiger charge is -2.14. The van der Waals surface area contributed by atoms with E-state index >= 15 is 0 Å². The molecule has 1 unspecified atom stereocenters. The molecule has 0 aliphatic heterocycles. The second kappa shape index (κ2) is 10.2. The lowest BCUT2D eigenvalue weighted by Crippen LogP contribution is -2.33. The molecule has 0 saturated heterocycles. The normalized spacial score (nSPS) is 11.7. The molecule has 3 aromatic rings. The fraction of sp³-hybridized carbons (Fsp3) is 0.318. The number of benzene rings is 2. The highest BCUT2D eigenvalue weighted by Gasteiger charge is 2.11. The highest BCUT2D eigenvalue weighted by atomic mass is 32.1. The third-order valence-electron chi connectivity index (χ3n) is 4.64. The summed E-state index contributed by atoms with van der Waals surface area (Å²) < 4.78 is 22.8. The predicted octanol–water partition coefficient (Wildman–Crippen LogP) is 4.21. The van der Waals surface area contributed by atoms with Crippen molar-refractivity contribution in [2.75, 3.05) is 19.0 Å². The molecule has 0 aliphatic carbocycles. The van der Waals surface area contributed by atoms with Gasteiger partial charge in [-0.05, 0) is 61.7 Å². The molecule has 158 valence electrons. The molecule has 0 saturated carbocycles. The monoisotopic (exact) mass is 428 g/mol. The molecular formula is C22H25FN4O2S. The van der Waals surface area contributed by atoms with Crippen molar-refractivity contribution in [2.24, 2.45) is 0 Å². The number of rotatable bonds is 9. The van der Waals surface area contributed by atoms with Gasteiger partial charge in [-0.25, -0.2) is 9.37 Å². The van der Waals surface area contributed by atoms with Gasteiger partial charge < -0.3 is 15.4 Å². The lowest BCUT2D eigenvalue weighted by atomic mass is 10.1. The van der Waals surface area contributed by atoms with Crippen LogP contribution in [0, 0.1) is 12.7 Å². The largest absolute Gasteiger partial charge is 0.497 e. The third-order valence-corrected chi connectivity index (χ3v) is 5.35. The first-order valence-corrected chi connectivity index (χ1v) is 10.5. The van der Waals surface area contributed by atoms with Crippen LogP contribution in [0.3, 0.4) is 0 Å². The van der Waals surface area contributed by atoms with Crippen LogP contribution in [0.15, 0.2) is 42.5 Å². The Morgan fingerprint density at radius 2 is 2.00 bits per heavy atom. The SMILES string of the molecule is COc1ccc(C(=O)NC(C)CCNc2nc(Cc3ccc(F)c(C)c3)ns2)cc1. The average Bonchev–Trinajstić information content (AvgIpc) is 3.18. The smallest absolute Gasteiger partial charge is 0.251 e. The number of hydrogen-bond acceptors (Lipinski definition) is 6. The van der Waals surface area contributed by atoms with Gasteiger partial charge in [-0.1, -0.05) is 12.1 Å². The first-order chi connectivity index (χ1) is 14.4. The van der Waals surface area contributed by atoms with Crippen LogP contribution in [0.1, 0.15) is 40.7 Å². The number of carbonyl (C=O) groups excluding carboxylic acids is 1. The van der Waals surface area contributed by atoms with Gasteiger partial charge in [0.2, 0.25) is 5.13 Å². The van der Waals surface area contributed by atoms with E-state index in [-0.39, 0.29) is 17.8 Å². The molecule has 3 rings (SSSR count). The molecule has 6 nitrogen and oxygen atoms in total. The summed E-state index contributed by atoms with van der Waals surface area (Å²) in [6.07, 6.45) is 1.31. The number of nitrogens with zero attached hydrogens (tertiary/aromatic N) is 2. The predicted molar refractivity (Wildman–Crippen MR) is 117 cm³/mol. The highest BCUT2D eigenvalue weighted by molar-refractivity contribution is 7.09. The van der Waals surface area contributed by atoms with Crippen molar-refractivity contribution in [3.05, 3.63) is 70.8 Å². The van der Waals surface area contributed by atoms with E-state index in [1.165, 1.54) is 17.6 Å². The van der Waals surface area contributed by atoms with Gasteiger partial charge in [0, 0.05) is 36.1 Å². The maximum absolute atomic E-state index is 13.4. The summed E-state index contributed by atoms with van der Waals surface area (Å²) in [7, 11) is 1.59. The van der Waals surface area contributed by atoms with Crippen LogP contribution in [-0.4, -0.2) is 35.0 Å². The van der Waals surface area contributed by atoms with E-state index in [0.29, 0.717) is 29.9 Å². The zero-order valence-electron chi connectivity index (χ0n) is 17.2. The molecule has 2 aromatic carbocycles. The van der Waals surface area contributed by atoms with Gasteiger partial charge in [0.25, 0.3) is 5.91 Å². The summed E-state index contributed by atoms with van der Waals surface area (Å²) in [5, 5.41) is 6.97. The van der Waals surface area contributed by atoms with Crippen LogP contribution in [-0.2, 0) is 6.42 Å². The zero-order chi connectivity index (χ0) is 21.5. The van der Waals surface area contributed by atoms with Crippen molar-refractivity contribution in [3.63, 3.8) is 0 Å². The first-order valence-electron chi connectivity index (χ1n) is 9.71. The number of methoxy groups -OCH3 is 1. The quantitative estimate of drug-likeness (QED) is 0.534. The number of hydrogen-bond donors (Lipinski definition) is 2. The number of ether oxygens (including phenoxy) is 1. The number of amides is 1. The third kappa shape index (κ3) is 6.00. The molecule has 0 fully saturated rings. The Labute approximate surface area is 179 Å². The number of carbonyl (C=O) groups is 1. The van der Waals surface area contributed by atoms with Crippen LogP contribution < -0.4 is 15.4 Å². The van der Waals surface area contributed by atoms with Gasteiger partial charge in [0.1, 0.15) is 17.4 Å². The summed E-state index contributed by atoms with van der Waals surface area (Å²) in [5.41, 5.74) is 2.19. The topological polar surface area (TPSA) is 76.1 Å². The molecular weight excluding hydrogens is 403 g/mol. The van der Waals surface area contributed by atoms with Crippen molar-refractivity contribution in [3.8, 4) is 5.75 Å². The molecule has 1 amide bonds. The van der Waals surface area contributed by atoms with E-state index in [1.807, 2.05) is 13.0 Å². The molecule has 0 radical (unpaired) electrons. The minimum atomic E-state index is -0.208. The van der Waals surface area contributed by atoms with Crippen LogP contribution in [0.25, 0.3) is 0 Å². The zero-order valence-corrected chi connectivity index (χ0v) is 18.1. The van der Waals surface area contributed by atoms with E-state index in [0.717, 1.165) is 22.9 Å². The molecule has 0 spiro atoms. The summed E-state index contributed by atoms with van der Waals surface area (Å²) in [6, 6.07) is 12.1. The van der Waals surface area contributed by atoms with E-state index in [2.05, 4.69) is 20.0 Å². The number of aryl methyl sites for hydroxylation is 1. The van der Waals surface area contributed by atoms with Crippen LogP contribution in [0.4, 0.5) is 9.52 Å². The lowest BCUT2D eigenvalue weighted by molar-refractivity contribution is 0.0939. The minimum Gasteiger partial charge on any atom is -0.497 e. The Bertz CT molecular complexity index is 991. The number of aromatic nitrogens is 2. The van der Waals surface area contributed by atoms with E-state index in [9.17, 15) is 9.18 Å². The first kappa shape index (κ1) is 21.7. The van der Waals surface area contributed by atoms with Crippen LogP contribution in [0.5, 0.6) is 5.75 Å². The Kier molecular flexibility index (Phi) is 7.35. The molecule has 30 heavy (non-hydrogen) atoms. The van der Waals surface area contributed by atoms with Crippen LogP contribution >= 0.6 is 11.5 Å². The van der Waals surface area contributed by atoms with Crippen molar-refractivity contribution in [1.82, 2.24) is 14.7 Å². The van der Waals surface area contributed by atoms with Gasteiger partial charge in [0.05, 0.1) is 7.11 Å². The molecule has 8 heteroatoms. The van der Waals surface area contributed by atoms with Gasteiger partial charge >= 0.3 is 0 Å². The Morgan fingerprint density at radius 3 is 2.70 bits per heavy atom. The summed E-state index contributed by atoms with van der Waals surface area (Å²) >= 11 is 1.30. The molecule has 1 aromatic heterocycles. The summed E-state index contributed by atoms with van der Waals surface area (Å²) in [5.74, 6) is 1.10. The average molecular weight is 429 g/mol. The second-order valence-electron chi connectivity index (χ2n) is 7.09. The molecule has 1 atom stereocenters. The van der Waals surface area contributed by atoms with Crippen LogP contribution in [0.2, 0.25) is 0 Å². The van der Waals surface area contributed by atoms with Crippen molar-refractivity contribution in [2.45, 2.75) is 32.7 Å². The van der Waals surface area contributed by atoms with Gasteiger partial charge in [-0.3, -0.25) is 4.79 Å². The number of anilines is 1. The summed E-state index contributed by atoms with van der Waals surface area (Å²) in [4.78, 5) is 16.8. The number of halogens is 1. The van der Waals surface area contributed by atoms with Crippen molar-refractivity contribution in [1.29, 1.82) is 0 Å². The van der Waals surface area contributed by atoms with Crippen molar-refractivity contribution < 1.29 is 13.9 Å². The molecule has 0 aliphatic rings. The Hall–Kier alpha value is -3.00. The van der Waals surface area contributed by atoms with Gasteiger partial charge in [0.15, 0.2) is 0 Å². The summed E-state index contributed by atoms with van der Waals surface area (Å²) in [6.45, 7) is 4.37. The van der Waals surface area contributed by atoms with E-state index in [4.69, 9.17) is 4.74 Å². The second-order valence-corrected chi connectivity index (χ2v) is 7.85. The molecule has 0 bridgehead atoms. The fourth-order valence-corrected chi connectivity index (χ4v) is 3.52. The van der Waals surface area contributed by atoms with E-state index in [1.54, 1.807) is 44.4 Å². The maximum atomic E-state index is 13.4. The minimum absolute atomic E-state index is 0.00156. The van der Waals surface area contributed by atoms with Crippen molar-refractivity contribution >= 4 is 22.6 Å². The molecule has 2 N–H and O–H groups in total. The molecule has 1 heterocycles. The maximum Gasteiger partial charge on any atom is 0.251 e. The standard InChI is InChI=1S/C22H25FN4O2S/c1-14-12-16(4-9-19(14)23)13-20-26-22(30-27-20)24-11-10-15(2)25-21(28)17-5-7-18(29-3)8-6-17/h4-9,12,15H,10-11,13H2,1-3H3,(H,25,28)(H,24,26,27). The van der Waals surface area contributed by atoms with Gasteiger partial charge in [-0.2, -0.15) is 4.37 Å².